The molecular formula is C14H20Br2N2O2S. The molecule has 0 aliphatic carbocycles. The van der Waals surface area contributed by atoms with Crippen LogP contribution in [-0.2, 0) is 10.0 Å². The van der Waals surface area contributed by atoms with Crippen LogP contribution in [0.4, 0.5) is 0 Å². The Hall–Kier alpha value is 0.0500. The fourth-order valence-electron chi connectivity index (χ4n) is 2.61. The van der Waals surface area contributed by atoms with Crippen molar-refractivity contribution in [1.82, 2.24) is 9.21 Å². The molecule has 1 heterocycles. The van der Waals surface area contributed by atoms with Gasteiger partial charge in [-0.1, -0.05) is 15.9 Å². The molecule has 0 aromatic heterocycles. The van der Waals surface area contributed by atoms with Gasteiger partial charge < -0.3 is 4.90 Å². The smallest absolute Gasteiger partial charge is 0.244 e. The molecule has 1 aliphatic heterocycles. The van der Waals surface area contributed by atoms with Crippen LogP contribution in [-0.4, -0.2) is 50.8 Å². The molecule has 1 aromatic rings. The molecule has 0 saturated carbocycles. The normalized spacial score (nSPS) is 21.0. The molecule has 21 heavy (non-hydrogen) atoms. The number of hydrogen-bond donors (Lipinski definition) is 0. The molecule has 0 N–H and O–H groups in total. The largest absolute Gasteiger partial charge is 0.305 e. The van der Waals surface area contributed by atoms with Gasteiger partial charge in [0.05, 0.1) is 4.90 Å². The molecule has 4 nitrogen and oxygen atoms in total. The molecule has 1 saturated heterocycles. The SMILES string of the molecule is Cc1cc(Br)c(S(=O)(=O)N(C)C2CCCN(C)C2)cc1Br. The highest BCUT2D eigenvalue weighted by atomic mass is 79.9. The van der Waals surface area contributed by atoms with Gasteiger partial charge >= 0.3 is 0 Å². The Balaban J connectivity index is 2.35. The Bertz CT molecular complexity index is 634. The number of sulfonamides is 1. The van der Waals surface area contributed by atoms with Crippen molar-refractivity contribution < 1.29 is 8.42 Å². The van der Waals surface area contributed by atoms with Crippen LogP contribution in [0.1, 0.15) is 18.4 Å². The highest BCUT2D eigenvalue weighted by Gasteiger charge is 2.32. The molecule has 0 spiro atoms. The summed E-state index contributed by atoms with van der Waals surface area (Å²) in [6.45, 7) is 3.75. The van der Waals surface area contributed by atoms with Crippen LogP contribution in [0, 0.1) is 6.92 Å². The molecule has 1 aromatic carbocycles. The average Bonchev–Trinajstić information content (AvgIpc) is 2.41. The number of aryl methyl sites for hydroxylation is 1. The minimum absolute atomic E-state index is 0.0285. The van der Waals surface area contributed by atoms with Gasteiger partial charge in [0, 0.05) is 28.6 Å². The molecule has 1 fully saturated rings. The minimum atomic E-state index is -3.50. The summed E-state index contributed by atoms with van der Waals surface area (Å²) in [4.78, 5) is 2.50. The van der Waals surface area contributed by atoms with E-state index in [-0.39, 0.29) is 6.04 Å². The zero-order valence-corrected chi connectivity index (χ0v) is 16.4. The number of hydrogen-bond acceptors (Lipinski definition) is 3. The second kappa shape index (κ2) is 6.66. The molecule has 1 atom stereocenters. The molecular weight excluding hydrogens is 420 g/mol. The number of benzene rings is 1. The van der Waals surface area contributed by atoms with Crippen molar-refractivity contribution >= 4 is 41.9 Å². The number of likely N-dealkylation sites (N-methyl/N-ethyl adjacent to an activating group) is 2. The Morgan fingerprint density at radius 1 is 1.29 bits per heavy atom. The Morgan fingerprint density at radius 2 is 1.95 bits per heavy atom. The summed E-state index contributed by atoms with van der Waals surface area (Å²) < 4.78 is 28.7. The van der Waals surface area contributed by atoms with Crippen LogP contribution in [0.25, 0.3) is 0 Å². The monoisotopic (exact) mass is 438 g/mol. The second-order valence-corrected chi connectivity index (χ2v) is 9.29. The van der Waals surface area contributed by atoms with Crippen molar-refractivity contribution in [3.63, 3.8) is 0 Å². The summed E-state index contributed by atoms with van der Waals surface area (Å²) in [6, 6.07) is 3.54. The number of nitrogens with zero attached hydrogens (tertiary/aromatic N) is 2. The van der Waals surface area contributed by atoms with Crippen LogP contribution in [0.3, 0.4) is 0 Å². The van der Waals surface area contributed by atoms with Gasteiger partial charge in [-0.2, -0.15) is 4.31 Å². The van der Waals surface area contributed by atoms with Crippen molar-refractivity contribution in [3.8, 4) is 0 Å². The zero-order chi connectivity index (χ0) is 15.8. The Kier molecular flexibility index (Phi) is 5.52. The lowest BCUT2D eigenvalue weighted by Crippen LogP contribution is -2.47. The van der Waals surface area contributed by atoms with E-state index in [0.29, 0.717) is 9.37 Å². The molecule has 7 heteroatoms. The van der Waals surface area contributed by atoms with Crippen LogP contribution < -0.4 is 0 Å². The van der Waals surface area contributed by atoms with E-state index in [4.69, 9.17) is 0 Å². The highest BCUT2D eigenvalue weighted by molar-refractivity contribution is 9.11. The zero-order valence-electron chi connectivity index (χ0n) is 12.4. The first-order chi connectivity index (χ1) is 9.73. The van der Waals surface area contributed by atoms with E-state index in [0.717, 1.165) is 36.0 Å². The van der Waals surface area contributed by atoms with Gasteiger partial charge in [0.1, 0.15) is 0 Å². The van der Waals surface area contributed by atoms with Gasteiger partial charge in [0.15, 0.2) is 0 Å². The lowest BCUT2D eigenvalue weighted by Gasteiger charge is -2.35. The van der Waals surface area contributed by atoms with Crippen molar-refractivity contribution in [2.24, 2.45) is 0 Å². The predicted octanol–water partition coefficient (Wildman–Crippen LogP) is 3.23. The number of piperidine rings is 1. The van der Waals surface area contributed by atoms with Gasteiger partial charge in [-0.05, 0) is 67.0 Å². The molecule has 2 rings (SSSR count). The third-order valence-electron chi connectivity index (χ3n) is 3.98. The summed E-state index contributed by atoms with van der Waals surface area (Å²) in [5.41, 5.74) is 1.00. The van der Waals surface area contributed by atoms with Crippen molar-refractivity contribution in [3.05, 3.63) is 26.6 Å². The van der Waals surface area contributed by atoms with E-state index in [9.17, 15) is 8.42 Å². The van der Waals surface area contributed by atoms with E-state index >= 15 is 0 Å². The first kappa shape index (κ1) is 17.4. The standard InChI is InChI=1S/C14H20Br2N2O2S/c1-10-7-13(16)14(8-12(10)15)21(19,20)18(3)11-5-4-6-17(2)9-11/h7-8,11H,4-6,9H2,1-3H3. The first-order valence-corrected chi connectivity index (χ1v) is 9.88. The van der Waals surface area contributed by atoms with Gasteiger partial charge in [-0.15, -0.1) is 0 Å². The fourth-order valence-corrected chi connectivity index (χ4v) is 5.63. The molecule has 118 valence electrons. The van der Waals surface area contributed by atoms with Crippen LogP contribution in [0.5, 0.6) is 0 Å². The average molecular weight is 440 g/mol. The van der Waals surface area contributed by atoms with E-state index < -0.39 is 10.0 Å². The lowest BCUT2D eigenvalue weighted by molar-refractivity contribution is 0.187. The van der Waals surface area contributed by atoms with E-state index in [1.54, 1.807) is 13.1 Å². The summed E-state index contributed by atoms with van der Waals surface area (Å²) in [5, 5.41) is 0. The Morgan fingerprint density at radius 3 is 2.57 bits per heavy atom. The molecule has 0 amide bonds. The minimum Gasteiger partial charge on any atom is -0.305 e. The molecule has 0 radical (unpaired) electrons. The van der Waals surface area contributed by atoms with E-state index in [1.807, 2.05) is 20.0 Å². The number of rotatable bonds is 3. The number of likely N-dealkylation sites (tertiary alicyclic amines) is 1. The van der Waals surface area contributed by atoms with E-state index in [2.05, 4.69) is 36.8 Å². The Labute approximate surface area is 143 Å². The second-order valence-electron chi connectivity index (χ2n) is 5.61. The van der Waals surface area contributed by atoms with Crippen LogP contribution in [0.2, 0.25) is 0 Å². The van der Waals surface area contributed by atoms with Crippen molar-refractivity contribution in [1.29, 1.82) is 0 Å². The molecule has 1 unspecified atom stereocenters. The first-order valence-electron chi connectivity index (χ1n) is 6.85. The fraction of sp³-hybridized carbons (Fsp3) is 0.571. The lowest BCUT2D eigenvalue weighted by atomic mass is 10.1. The summed E-state index contributed by atoms with van der Waals surface area (Å²) >= 11 is 6.80. The number of halogens is 2. The third kappa shape index (κ3) is 3.69. The maximum atomic E-state index is 12.9. The summed E-state index contributed by atoms with van der Waals surface area (Å²) in [6.07, 6.45) is 1.94. The quantitative estimate of drug-likeness (QED) is 0.725. The topological polar surface area (TPSA) is 40.6 Å². The van der Waals surface area contributed by atoms with Gasteiger partial charge in [0.25, 0.3) is 0 Å². The van der Waals surface area contributed by atoms with Gasteiger partial charge in [0.2, 0.25) is 10.0 Å². The maximum absolute atomic E-state index is 12.9. The third-order valence-corrected chi connectivity index (χ3v) is 7.71. The van der Waals surface area contributed by atoms with Gasteiger partial charge in [-0.3, -0.25) is 0 Å². The maximum Gasteiger partial charge on any atom is 0.244 e. The van der Waals surface area contributed by atoms with Crippen LogP contribution >= 0.6 is 31.9 Å². The molecule has 1 aliphatic rings. The van der Waals surface area contributed by atoms with E-state index in [1.165, 1.54) is 4.31 Å². The molecule has 0 bridgehead atoms. The van der Waals surface area contributed by atoms with Crippen molar-refractivity contribution in [2.75, 3.05) is 27.2 Å². The van der Waals surface area contributed by atoms with Gasteiger partial charge in [-0.25, -0.2) is 8.42 Å². The summed E-state index contributed by atoms with van der Waals surface area (Å²) in [7, 11) is 0.210. The predicted molar refractivity (Wildman–Crippen MR) is 92.0 cm³/mol. The van der Waals surface area contributed by atoms with Crippen molar-refractivity contribution in [2.45, 2.75) is 30.7 Å². The summed E-state index contributed by atoms with van der Waals surface area (Å²) in [5.74, 6) is 0. The highest BCUT2D eigenvalue weighted by Crippen LogP contribution is 2.31. The van der Waals surface area contributed by atoms with Crippen LogP contribution in [0.15, 0.2) is 26.0 Å².